The second kappa shape index (κ2) is 5.02. The first-order chi connectivity index (χ1) is 9.99. The Labute approximate surface area is 123 Å². The smallest absolute Gasteiger partial charge is 0.307 e. The number of carbonyl (C=O) groups is 2. The molecule has 1 fully saturated rings. The molecule has 110 valence electrons. The highest BCUT2D eigenvalue weighted by atomic mass is 16.4. The van der Waals surface area contributed by atoms with Crippen molar-refractivity contribution in [2.45, 2.75) is 19.8 Å². The molecular weight excluding hydrogens is 266 g/mol. The number of aliphatic carboxylic acids is 1. The van der Waals surface area contributed by atoms with Gasteiger partial charge in [0.1, 0.15) is 0 Å². The average Bonchev–Trinajstić information content (AvgIpc) is 3.00. The molecule has 1 heterocycles. The van der Waals surface area contributed by atoms with Crippen molar-refractivity contribution in [1.29, 1.82) is 0 Å². The van der Waals surface area contributed by atoms with Crippen molar-refractivity contribution in [1.82, 2.24) is 4.57 Å². The van der Waals surface area contributed by atoms with E-state index in [0.29, 0.717) is 18.4 Å². The number of carboxylic acid groups (broad SMARTS) is 1. The Kier molecular flexibility index (Phi) is 3.32. The van der Waals surface area contributed by atoms with Crippen molar-refractivity contribution < 1.29 is 14.7 Å². The van der Waals surface area contributed by atoms with Gasteiger partial charge in [-0.1, -0.05) is 25.1 Å². The number of aryl methyl sites for hydroxylation is 1. The summed E-state index contributed by atoms with van der Waals surface area (Å²) >= 11 is 0. The number of rotatable bonds is 3. The summed E-state index contributed by atoms with van der Waals surface area (Å²) in [5.74, 6) is -1.54. The summed E-state index contributed by atoms with van der Waals surface area (Å²) in [4.78, 5) is 24.3. The van der Waals surface area contributed by atoms with Gasteiger partial charge in [0.2, 0.25) is 0 Å². The van der Waals surface area contributed by atoms with Gasteiger partial charge in [-0.2, -0.15) is 0 Å². The summed E-state index contributed by atoms with van der Waals surface area (Å²) in [6.45, 7) is 2.02. The molecule has 0 aliphatic heterocycles. The molecule has 0 amide bonds. The second-order valence-electron chi connectivity index (χ2n) is 6.16. The Bertz CT molecular complexity index is 716. The molecule has 21 heavy (non-hydrogen) atoms. The fourth-order valence-electron chi connectivity index (χ4n) is 3.59. The van der Waals surface area contributed by atoms with E-state index in [2.05, 4.69) is 0 Å². The SMILES string of the molecule is CC1CC(C(=O)O)C(C(=O)c2cn(C)c3ccccc23)C1. The van der Waals surface area contributed by atoms with Crippen LogP contribution in [0.15, 0.2) is 30.5 Å². The number of hydrogen-bond acceptors (Lipinski definition) is 2. The predicted molar refractivity (Wildman–Crippen MR) is 80.3 cm³/mol. The minimum atomic E-state index is -0.849. The van der Waals surface area contributed by atoms with Crippen molar-refractivity contribution in [3.63, 3.8) is 0 Å². The molecule has 2 aromatic rings. The molecule has 1 aliphatic carbocycles. The quantitative estimate of drug-likeness (QED) is 0.881. The number of nitrogens with zero attached hydrogens (tertiary/aromatic N) is 1. The maximum Gasteiger partial charge on any atom is 0.307 e. The standard InChI is InChI=1S/C17H19NO3/c1-10-7-12(13(8-10)17(20)21)16(19)14-9-18(2)15-6-4-3-5-11(14)15/h3-6,9-10,12-13H,7-8H2,1-2H3,(H,20,21). The summed E-state index contributed by atoms with van der Waals surface area (Å²) in [7, 11) is 1.91. The minimum absolute atomic E-state index is 0.0245. The highest BCUT2D eigenvalue weighted by Crippen LogP contribution is 2.39. The lowest BCUT2D eigenvalue weighted by Crippen LogP contribution is -2.25. The number of Topliss-reactive ketones (excluding diaryl/α,β-unsaturated/α-hetero) is 1. The number of ketones is 1. The van der Waals surface area contributed by atoms with Crippen LogP contribution in [0.25, 0.3) is 10.9 Å². The lowest BCUT2D eigenvalue weighted by atomic mass is 9.88. The molecule has 0 bridgehead atoms. The van der Waals surface area contributed by atoms with E-state index in [1.54, 1.807) is 0 Å². The van der Waals surface area contributed by atoms with Crippen LogP contribution >= 0.6 is 0 Å². The zero-order chi connectivity index (χ0) is 15.1. The van der Waals surface area contributed by atoms with Gasteiger partial charge in [0, 0.05) is 35.6 Å². The van der Waals surface area contributed by atoms with Gasteiger partial charge >= 0.3 is 5.97 Å². The first kappa shape index (κ1) is 13.9. The number of aromatic nitrogens is 1. The average molecular weight is 285 g/mol. The first-order valence-electron chi connectivity index (χ1n) is 7.30. The Balaban J connectivity index is 2.02. The molecular formula is C17H19NO3. The van der Waals surface area contributed by atoms with Crippen LogP contribution in [-0.4, -0.2) is 21.4 Å². The zero-order valence-electron chi connectivity index (χ0n) is 12.2. The van der Waals surface area contributed by atoms with Crippen LogP contribution in [0.4, 0.5) is 0 Å². The maximum atomic E-state index is 12.9. The topological polar surface area (TPSA) is 59.3 Å². The van der Waals surface area contributed by atoms with E-state index in [-0.39, 0.29) is 11.7 Å². The van der Waals surface area contributed by atoms with Crippen LogP contribution in [0.2, 0.25) is 0 Å². The van der Waals surface area contributed by atoms with E-state index in [9.17, 15) is 14.7 Å². The van der Waals surface area contributed by atoms with Crippen molar-refractivity contribution in [3.8, 4) is 0 Å². The molecule has 1 aromatic carbocycles. The van der Waals surface area contributed by atoms with E-state index in [0.717, 1.165) is 10.9 Å². The largest absolute Gasteiger partial charge is 0.481 e. The van der Waals surface area contributed by atoms with Crippen LogP contribution < -0.4 is 0 Å². The molecule has 4 heteroatoms. The molecule has 0 radical (unpaired) electrons. The van der Waals surface area contributed by atoms with Crippen LogP contribution in [0.3, 0.4) is 0 Å². The van der Waals surface area contributed by atoms with Crippen LogP contribution in [-0.2, 0) is 11.8 Å². The summed E-state index contributed by atoms with van der Waals surface area (Å²) in [5, 5.41) is 10.3. The molecule has 3 unspecified atom stereocenters. The number of carbonyl (C=O) groups excluding carboxylic acids is 1. The summed E-state index contributed by atoms with van der Waals surface area (Å²) in [6.07, 6.45) is 3.09. The van der Waals surface area contributed by atoms with Crippen LogP contribution in [0.5, 0.6) is 0 Å². The Hall–Kier alpha value is -2.10. The Morgan fingerprint density at radius 1 is 1.19 bits per heavy atom. The number of carboxylic acids is 1. The van der Waals surface area contributed by atoms with Gasteiger partial charge < -0.3 is 9.67 Å². The third-order valence-corrected chi connectivity index (χ3v) is 4.61. The van der Waals surface area contributed by atoms with Crippen molar-refractivity contribution in [2.24, 2.45) is 24.8 Å². The normalized spacial score (nSPS) is 25.3. The van der Waals surface area contributed by atoms with Crippen molar-refractivity contribution in [3.05, 3.63) is 36.0 Å². The van der Waals surface area contributed by atoms with Gasteiger partial charge in [-0.05, 0) is 24.8 Å². The molecule has 1 aromatic heterocycles. The number of hydrogen-bond donors (Lipinski definition) is 1. The molecule has 1 saturated carbocycles. The molecule has 1 aliphatic rings. The third kappa shape index (κ3) is 2.24. The van der Waals surface area contributed by atoms with E-state index in [4.69, 9.17) is 0 Å². The number of para-hydroxylation sites is 1. The van der Waals surface area contributed by atoms with E-state index in [1.807, 2.05) is 49.0 Å². The van der Waals surface area contributed by atoms with Crippen molar-refractivity contribution in [2.75, 3.05) is 0 Å². The summed E-state index contributed by atoms with van der Waals surface area (Å²) in [6, 6.07) is 7.74. The van der Waals surface area contributed by atoms with Gasteiger partial charge in [0.05, 0.1) is 5.92 Å². The van der Waals surface area contributed by atoms with Crippen molar-refractivity contribution >= 4 is 22.7 Å². The number of benzene rings is 1. The molecule has 0 saturated heterocycles. The third-order valence-electron chi connectivity index (χ3n) is 4.61. The fraction of sp³-hybridized carbons (Fsp3) is 0.412. The maximum absolute atomic E-state index is 12.9. The number of fused-ring (bicyclic) bond motifs is 1. The first-order valence-corrected chi connectivity index (χ1v) is 7.30. The van der Waals surface area contributed by atoms with Crippen LogP contribution in [0.1, 0.15) is 30.1 Å². The Morgan fingerprint density at radius 3 is 2.57 bits per heavy atom. The van der Waals surface area contributed by atoms with Gasteiger partial charge in [-0.3, -0.25) is 9.59 Å². The van der Waals surface area contributed by atoms with E-state index < -0.39 is 17.8 Å². The highest BCUT2D eigenvalue weighted by Gasteiger charge is 2.41. The monoisotopic (exact) mass is 285 g/mol. The lowest BCUT2D eigenvalue weighted by molar-refractivity contribution is -0.142. The Morgan fingerprint density at radius 2 is 1.86 bits per heavy atom. The van der Waals surface area contributed by atoms with Gasteiger partial charge in [0.15, 0.2) is 5.78 Å². The summed E-state index contributed by atoms with van der Waals surface area (Å²) in [5.41, 5.74) is 1.65. The van der Waals surface area contributed by atoms with Crippen LogP contribution in [0, 0.1) is 17.8 Å². The fourth-order valence-corrected chi connectivity index (χ4v) is 3.59. The minimum Gasteiger partial charge on any atom is -0.481 e. The van der Waals surface area contributed by atoms with E-state index in [1.165, 1.54) is 0 Å². The van der Waals surface area contributed by atoms with Gasteiger partial charge in [-0.25, -0.2) is 0 Å². The second-order valence-corrected chi connectivity index (χ2v) is 6.16. The predicted octanol–water partition coefficient (Wildman–Crippen LogP) is 3.11. The summed E-state index contributed by atoms with van der Waals surface area (Å²) < 4.78 is 1.93. The molecule has 4 nitrogen and oxygen atoms in total. The highest BCUT2D eigenvalue weighted by molar-refractivity contribution is 6.10. The zero-order valence-corrected chi connectivity index (χ0v) is 12.2. The molecule has 0 spiro atoms. The molecule has 3 rings (SSSR count). The van der Waals surface area contributed by atoms with E-state index >= 15 is 0 Å². The van der Waals surface area contributed by atoms with Gasteiger partial charge in [0.25, 0.3) is 0 Å². The lowest BCUT2D eigenvalue weighted by Gasteiger charge is -2.13. The molecule has 1 N–H and O–H groups in total. The van der Waals surface area contributed by atoms with Gasteiger partial charge in [-0.15, -0.1) is 0 Å². The molecule has 3 atom stereocenters.